The first-order valence-electron chi connectivity index (χ1n) is 20.0. The highest BCUT2D eigenvalue weighted by Crippen LogP contribution is 2.60. The zero-order valence-corrected chi connectivity index (χ0v) is 34.2. The van der Waals surface area contributed by atoms with Crippen LogP contribution in [0.5, 0.6) is 11.5 Å². The van der Waals surface area contributed by atoms with Crippen LogP contribution in [-0.4, -0.2) is 79.2 Å². The summed E-state index contributed by atoms with van der Waals surface area (Å²) in [5.41, 5.74) is 2.48. The SMILES string of the molecule is COC(=O)CCCCN1C(=O)[C@@]2(O[C@@H](CC(=O)N3Cc4ccccc4C[C@H]3CO)[C@H]([Si](C)(C)O)[C@H]2C)c2cc(N3C(=O)c4ccccc4Oc4ccccc43)ccc21. The molecule has 1 spiro atoms. The molecule has 1 saturated heterocycles. The third-order valence-electron chi connectivity index (χ3n) is 12.4. The molecule has 58 heavy (non-hydrogen) atoms. The summed E-state index contributed by atoms with van der Waals surface area (Å²) in [5, 5.41) is 10.4. The molecule has 12 nitrogen and oxygen atoms in total. The van der Waals surface area contributed by atoms with Gasteiger partial charge in [-0.05, 0) is 85.9 Å². The second-order valence-electron chi connectivity index (χ2n) is 16.3. The minimum atomic E-state index is -3.16. The molecule has 1 fully saturated rings. The molecule has 0 unspecified atom stereocenters. The molecule has 5 atom stereocenters. The molecule has 0 saturated carbocycles. The van der Waals surface area contributed by atoms with E-state index in [1.165, 1.54) is 7.11 Å². The number of aliphatic hydroxyl groups is 1. The Labute approximate surface area is 339 Å². The number of methoxy groups -OCH3 is 1. The number of anilines is 3. The Kier molecular flexibility index (Phi) is 10.5. The first kappa shape index (κ1) is 39.5. The Bertz CT molecular complexity index is 2280. The lowest BCUT2D eigenvalue weighted by molar-refractivity contribution is -0.151. The van der Waals surface area contributed by atoms with E-state index in [2.05, 4.69) is 0 Å². The maximum Gasteiger partial charge on any atom is 0.305 e. The van der Waals surface area contributed by atoms with Crippen LogP contribution in [0.1, 0.15) is 59.7 Å². The van der Waals surface area contributed by atoms with Crippen molar-refractivity contribution in [1.82, 2.24) is 4.90 Å². The van der Waals surface area contributed by atoms with Crippen LogP contribution in [0.3, 0.4) is 0 Å². The number of unbranched alkanes of at least 4 members (excludes halogenated alkanes) is 1. The number of hydrogen-bond donors (Lipinski definition) is 2. The second kappa shape index (κ2) is 15.4. The summed E-state index contributed by atoms with van der Waals surface area (Å²) in [6.45, 7) is 5.95. The van der Waals surface area contributed by atoms with Crippen molar-refractivity contribution in [2.75, 3.05) is 30.1 Å². The number of benzene rings is 4. The topological polar surface area (TPSA) is 146 Å². The van der Waals surface area contributed by atoms with Gasteiger partial charge in [0.2, 0.25) is 5.91 Å². The molecule has 13 heteroatoms. The van der Waals surface area contributed by atoms with Crippen molar-refractivity contribution in [3.05, 3.63) is 113 Å². The molecule has 0 aromatic heterocycles. The van der Waals surface area contributed by atoms with E-state index in [-0.39, 0.29) is 49.7 Å². The molecule has 3 amide bonds. The van der Waals surface area contributed by atoms with Crippen molar-refractivity contribution in [2.45, 2.75) is 82.0 Å². The molecular weight excluding hydrogens is 755 g/mol. The molecule has 0 aliphatic carbocycles. The van der Waals surface area contributed by atoms with Gasteiger partial charge in [0.25, 0.3) is 11.8 Å². The van der Waals surface area contributed by atoms with Crippen LogP contribution < -0.4 is 14.5 Å². The maximum atomic E-state index is 15.2. The number of carbonyl (C=O) groups is 4. The van der Waals surface area contributed by atoms with Crippen LogP contribution in [0.25, 0.3) is 0 Å². The number of hydrogen-bond acceptors (Lipinski definition) is 9. The molecule has 0 radical (unpaired) electrons. The van der Waals surface area contributed by atoms with Crippen LogP contribution in [0.2, 0.25) is 18.6 Å². The summed E-state index contributed by atoms with van der Waals surface area (Å²) in [4.78, 5) is 73.0. The summed E-state index contributed by atoms with van der Waals surface area (Å²) < 4.78 is 18.2. The summed E-state index contributed by atoms with van der Waals surface area (Å²) in [5.74, 6) is -0.863. The monoisotopic (exact) mass is 803 g/mol. The Balaban J connectivity index is 1.21. The van der Waals surface area contributed by atoms with Gasteiger partial charge in [0, 0.05) is 42.2 Å². The predicted octanol–water partition coefficient (Wildman–Crippen LogP) is 6.59. The van der Waals surface area contributed by atoms with Gasteiger partial charge in [0.1, 0.15) is 5.75 Å². The highest BCUT2D eigenvalue weighted by Gasteiger charge is 2.66. The van der Waals surface area contributed by atoms with Gasteiger partial charge in [0.15, 0.2) is 19.7 Å². The van der Waals surface area contributed by atoms with E-state index in [1.54, 1.807) is 45.0 Å². The Morgan fingerprint density at radius 2 is 1.62 bits per heavy atom. The summed E-state index contributed by atoms with van der Waals surface area (Å²) in [6, 6.07) is 27.3. The van der Waals surface area contributed by atoms with Crippen molar-refractivity contribution < 1.29 is 43.3 Å². The number of nitrogens with zero attached hydrogens (tertiary/aromatic N) is 3. The Morgan fingerprint density at radius 1 is 0.914 bits per heavy atom. The summed E-state index contributed by atoms with van der Waals surface area (Å²) in [6.07, 6.45) is 0.790. The number of aliphatic hydroxyl groups excluding tert-OH is 1. The largest absolute Gasteiger partial charge is 0.469 e. The zero-order valence-electron chi connectivity index (χ0n) is 33.2. The molecule has 4 aromatic carbocycles. The van der Waals surface area contributed by atoms with Gasteiger partial charge < -0.3 is 33.9 Å². The maximum absolute atomic E-state index is 15.2. The average molecular weight is 804 g/mol. The van der Waals surface area contributed by atoms with Gasteiger partial charge in [0.05, 0.1) is 49.2 Å². The number of fused-ring (bicyclic) bond motifs is 5. The van der Waals surface area contributed by atoms with E-state index < -0.39 is 37.5 Å². The molecule has 2 N–H and O–H groups in total. The normalized spacial score (nSPS) is 23.5. The van der Waals surface area contributed by atoms with Gasteiger partial charge in [-0.3, -0.25) is 24.1 Å². The fourth-order valence-electron chi connectivity index (χ4n) is 9.66. The number of rotatable bonds is 10. The molecule has 4 aliphatic heterocycles. The van der Waals surface area contributed by atoms with Gasteiger partial charge in [-0.15, -0.1) is 0 Å². The number of esters is 1. The number of para-hydroxylation sites is 3. The van der Waals surface area contributed by atoms with E-state index in [4.69, 9.17) is 14.2 Å². The van der Waals surface area contributed by atoms with Crippen molar-refractivity contribution in [2.24, 2.45) is 5.92 Å². The molecular formula is C45H49N3O9Si. The first-order chi connectivity index (χ1) is 27.9. The highest BCUT2D eigenvalue weighted by molar-refractivity contribution is 6.71. The smallest absolute Gasteiger partial charge is 0.305 e. The molecule has 4 heterocycles. The average Bonchev–Trinajstić information content (AvgIpc) is 3.59. The van der Waals surface area contributed by atoms with E-state index >= 15 is 4.79 Å². The molecule has 8 rings (SSSR count). The fraction of sp³-hybridized carbons (Fsp3) is 0.378. The lowest BCUT2D eigenvalue weighted by Crippen LogP contribution is -2.48. The van der Waals surface area contributed by atoms with Gasteiger partial charge in [-0.2, -0.15) is 0 Å². The summed E-state index contributed by atoms with van der Waals surface area (Å²) in [7, 11) is -1.82. The van der Waals surface area contributed by atoms with Crippen LogP contribution in [0.15, 0.2) is 91.0 Å². The van der Waals surface area contributed by atoms with E-state index in [1.807, 2.05) is 80.7 Å². The van der Waals surface area contributed by atoms with E-state index in [0.29, 0.717) is 65.5 Å². The zero-order chi connectivity index (χ0) is 40.9. The van der Waals surface area contributed by atoms with Gasteiger partial charge in [-0.1, -0.05) is 55.5 Å². The number of carbonyl (C=O) groups excluding carboxylic acids is 4. The van der Waals surface area contributed by atoms with Crippen LogP contribution in [-0.2, 0) is 42.4 Å². The third kappa shape index (κ3) is 6.69. The minimum absolute atomic E-state index is 0.0973. The van der Waals surface area contributed by atoms with Crippen LogP contribution in [0, 0.1) is 5.92 Å². The van der Waals surface area contributed by atoms with Gasteiger partial charge >= 0.3 is 5.97 Å². The van der Waals surface area contributed by atoms with Gasteiger partial charge in [-0.25, -0.2) is 0 Å². The van der Waals surface area contributed by atoms with Crippen molar-refractivity contribution >= 4 is 49.1 Å². The van der Waals surface area contributed by atoms with E-state index in [0.717, 1.165) is 11.1 Å². The highest BCUT2D eigenvalue weighted by atomic mass is 28.4. The molecule has 0 bridgehead atoms. The van der Waals surface area contributed by atoms with Crippen molar-refractivity contribution in [3.63, 3.8) is 0 Å². The first-order valence-corrected chi connectivity index (χ1v) is 23.0. The van der Waals surface area contributed by atoms with E-state index in [9.17, 15) is 24.3 Å². The number of ether oxygens (including phenoxy) is 3. The quantitative estimate of drug-likeness (QED) is 0.103. The molecule has 4 aliphatic rings. The van der Waals surface area contributed by atoms with Crippen molar-refractivity contribution in [1.29, 1.82) is 0 Å². The second-order valence-corrected chi connectivity index (χ2v) is 20.3. The summed E-state index contributed by atoms with van der Waals surface area (Å²) >= 11 is 0. The van der Waals surface area contributed by atoms with Crippen LogP contribution >= 0.6 is 0 Å². The standard InChI is InChI=1S/C45H49N3O9Si/c1-28-42(58(3,4)54)39(25-40(50)47-26-30-14-6-5-13-29(30)23-32(47)27-49)57-45(28)34-24-31(20-21-35(34)46(44(45)53)22-12-11-19-41(51)55-2)48-36-16-8-10-18-38(36)56-37-17-9-7-15-33(37)43(48)52/h5-10,13-18,20-21,24,28,32,39,42,49,54H,11-12,19,22-23,25-27H2,1-4H3/t28-,32+,39+,42-,45+/m1/s1. The lowest BCUT2D eigenvalue weighted by atomic mass is 9.82. The third-order valence-corrected chi connectivity index (χ3v) is 14.9. The minimum Gasteiger partial charge on any atom is -0.469 e. The Morgan fingerprint density at radius 3 is 2.36 bits per heavy atom. The lowest BCUT2D eigenvalue weighted by Gasteiger charge is -2.37. The Hall–Kier alpha value is -5.34. The van der Waals surface area contributed by atoms with Crippen molar-refractivity contribution in [3.8, 4) is 11.5 Å². The molecule has 302 valence electrons. The molecule has 4 aromatic rings. The predicted molar refractivity (Wildman–Crippen MR) is 219 cm³/mol. The van der Waals surface area contributed by atoms with Crippen LogP contribution in [0.4, 0.5) is 17.1 Å². The fourth-order valence-corrected chi connectivity index (χ4v) is 12.2. The number of amides is 3.